The van der Waals surface area contributed by atoms with Gasteiger partial charge in [0, 0.05) is 12.0 Å². The van der Waals surface area contributed by atoms with Crippen LogP contribution >= 0.6 is 0 Å². The highest BCUT2D eigenvalue weighted by molar-refractivity contribution is 5.97. The summed E-state index contributed by atoms with van der Waals surface area (Å²) in [6.45, 7) is 1.76. The Morgan fingerprint density at radius 1 is 1.08 bits per heavy atom. The highest BCUT2D eigenvalue weighted by Gasteiger charge is 2.53. The van der Waals surface area contributed by atoms with Crippen LogP contribution in [0.1, 0.15) is 61.4 Å². The van der Waals surface area contributed by atoms with Crippen LogP contribution in [0.4, 0.5) is 0 Å². The van der Waals surface area contributed by atoms with Crippen molar-refractivity contribution in [2.45, 2.75) is 63.0 Å². The first kappa shape index (κ1) is 15.4. The Hall–Kier alpha value is -1.84. The standard InChI is InChI=1S/C21H25NO3/c1-20(12-16-4-2-3-5-17(16)18(23)25-20)19(24)22-21-9-13-6-14(10-21)8-15(7-13)11-21/h2-5,13-15H,6-12H2,1H3,(H,22,24)/t13?,14?,15?,20-,21?/m0/s1. The van der Waals surface area contributed by atoms with E-state index in [9.17, 15) is 9.59 Å². The minimum absolute atomic E-state index is 0.0573. The molecule has 6 rings (SSSR count). The predicted octanol–water partition coefficient (Wildman–Crippen LogP) is 3.24. The molecule has 4 saturated carbocycles. The molecular weight excluding hydrogens is 314 g/mol. The van der Waals surface area contributed by atoms with Gasteiger partial charge in [0.05, 0.1) is 5.56 Å². The topological polar surface area (TPSA) is 55.4 Å². The normalized spacial score (nSPS) is 41.2. The molecule has 1 heterocycles. The zero-order chi connectivity index (χ0) is 17.2. The van der Waals surface area contributed by atoms with Crippen molar-refractivity contribution in [3.8, 4) is 0 Å². The lowest BCUT2D eigenvalue weighted by Crippen LogP contribution is -2.64. The van der Waals surface area contributed by atoms with Gasteiger partial charge >= 0.3 is 5.97 Å². The molecule has 0 spiro atoms. The van der Waals surface area contributed by atoms with E-state index >= 15 is 0 Å². The molecule has 4 fully saturated rings. The van der Waals surface area contributed by atoms with Crippen LogP contribution in [0.5, 0.6) is 0 Å². The van der Waals surface area contributed by atoms with Crippen LogP contribution in [-0.4, -0.2) is 23.0 Å². The van der Waals surface area contributed by atoms with Gasteiger partial charge in [-0.15, -0.1) is 0 Å². The Morgan fingerprint density at radius 2 is 1.68 bits per heavy atom. The Bertz CT molecular complexity index is 720. The molecule has 4 bridgehead atoms. The van der Waals surface area contributed by atoms with E-state index in [1.54, 1.807) is 13.0 Å². The van der Waals surface area contributed by atoms with Crippen molar-refractivity contribution in [1.82, 2.24) is 5.32 Å². The van der Waals surface area contributed by atoms with E-state index in [1.165, 1.54) is 19.3 Å². The maximum atomic E-state index is 13.2. The van der Waals surface area contributed by atoms with Crippen molar-refractivity contribution in [1.29, 1.82) is 0 Å². The largest absolute Gasteiger partial charge is 0.445 e. The van der Waals surface area contributed by atoms with E-state index in [-0.39, 0.29) is 17.4 Å². The lowest BCUT2D eigenvalue weighted by molar-refractivity contribution is -0.145. The number of benzene rings is 1. The lowest BCUT2D eigenvalue weighted by Gasteiger charge is -2.57. The van der Waals surface area contributed by atoms with Crippen molar-refractivity contribution in [2.24, 2.45) is 17.8 Å². The van der Waals surface area contributed by atoms with Gasteiger partial charge in [-0.3, -0.25) is 4.79 Å². The van der Waals surface area contributed by atoms with Crippen LogP contribution in [-0.2, 0) is 16.0 Å². The monoisotopic (exact) mass is 339 g/mol. The van der Waals surface area contributed by atoms with Crippen molar-refractivity contribution in [2.75, 3.05) is 0 Å². The smallest absolute Gasteiger partial charge is 0.339 e. The molecule has 4 heteroatoms. The summed E-state index contributed by atoms with van der Waals surface area (Å²) >= 11 is 0. The minimum Gasteiger partial charge on any atom is -0.445 e. The van der Waals surface area contributed by atoms with Crippen LogP contribution in [0.25, 0.3) is 0 Å². The molecule has 0 unspecified atom stereocenters. The molecular formula is C21H25NO3. The van der Waals surface area contributed by atoms with E-state index in [0.717, 1.165) is 42.6 Å². The number of hydrogen-bond donors (Lipinski definition) is 1. The second-order valence-corrected chi connectivity index (χ2v) is 9.11. The van der Waals surface area contributed by atoms with Crippen LogP contribution in [0.15, 0.2) is 24.3 Å². The summed E-state index contributed by atoms with van der Waals surface area (Å²) < 4.78 is 5.63. The quantitative estimate of drug-likeness (QED) is 0.842. The number of amides is 1. The third kappa shape index (κ3) is 2.41. The van der Waals surface area contributed by atoms with Crippen molar-refractivity contribution >= 4 is 11.9 Å². The van der Waals surface area contributed by atoms with Gasteiger partial charge in [0.15, 0.2) is 5.60 Å². The van der Waals surface area contributed by atoms with Crippen LogP contribution in [0, 0.1) is 17.8 Å². The SMILES string of the molecule is C[C@@]1(C(=O)NC23CC4CC(CC(C4)C2)C3)Cc2ccccc2C(=O)O1. The van der Waals surface area contributed by atoms with E-state index in [2.05, 4.69) is 5.32 Å². The third-order valence-corrected chi connectivity index (χ3v) is 6.98. The first-order chi connectivity index (χ1) is 11.9. The summed E-state index contributed by atoms with van der Waals surface area (Å²) in [7, 11) is 0. The van der Waals surface area contributed by atoms with Crippen LogP contribution in [0.2, 0.25) is 0 Å². The van der Waals surface area contributed by atoms with Gasteiger partial charge in [0.1, 0.15) is 0 Å². The van der Waals surface area contributed by atoms with Crippen molar-refractivity contribution in [3.63, 3.8) is 0 Å². The van der Waals surface area contributed by atoms with Crippen LogP contribution < -0.4 is 5.32 Å². The number of carbonyl (C=O) groups is 2. The maximum absolute atomic E-state index is 13.2. The molecule has 1 amide bonds. The number of hydrogen-bond acceptors (Lipinski definition) is 3. The molecule has 1 atom stereocenters. The molecule has 1 aliphatic heterocycles. The number of fused-ring (bicyclic) bond motifs is 1. The zero-order valence-electron chi connectivity index (χ0n) is 14.7. The number of cyclic esters (lactones) is 1. The summed E-state index contributed by atoms with van der Waals surface area (Å²) in [5.41, 5.74) is 0.331. The maximum Gasteiger partial charge on any atom is 0.339 e. The average molecular weight is 339 g/mol. The number of rotatable bonds is 2. The van der Waals surface area contributed by atoms with E-state index in [4.69, 9.17) is 4.74 Å². The molecule has 1 aromatic carbocycles. The van der Waals surface area contributed by atoms with E-state index in [1.807, 2.05) is 18.2 Å². The Labute approximate surface area is 148 Å². The summed E-state index contributed by atoms with van der Waals surface area (Å²) in [5, 5.41) is 3.37. The van der Waals surface area contributed by atoms with Gasteiger partial charge in [0.2, 0.25) is 0 Å². The molecule has 1 aromatic rings. The second kappa shape index (κ2) is 5.09. The fourth-order valence-electron chi connectivity index (χ4n) is 6.30. The predicted molar refractivity (Wildman–Crippen MR) is 93.0 cm³/mol. The van der Waals surface area contributed by atoms with Gasteiger partial charge in [-0.2, -0.15) is 0 Å². The Balaban J connectivity index is 1.39. The van der Waals surface area contributed by atoms with Gasteiger partial charge < -0.3 is 10.1 Å². The molecule has 132 valence electrons. The zero-order valence-corrected chi connectivity index (χ0v) is 14.7. The second-order valence-electron chi connectivity index (χ2n) is 9.11. The van der Waals surface area contributed by atoms with Gasteiger partial charge in [0.25, 0.3) is 5.91 Å². The fraction of sp³-hybridized carbons (Fsp3) is 0.619. The minimum atomic E-state index is -1.10. The molecule has 4 nitrogen and oxygen atoms in total. The Kier molecular flexibility index (Phi) is 3.14. The van der Waals surface area contributed by atoms with Crippen LogP contribution in [0.3, 0.4) is 0 Å². The van der Waals surface area contributed by atoms with Gasteiger partial charge in [-0.25, -0.2) is 4.79 Å². The van der Waals surface area contributed by atoms with Crippen molar-refractivity contribution in [3.05, 3.63) is 35.4 Å². The molecule has 1 N–H and O–H groups in total. The summed E-state index contributed by atoms with van der Waals surface area (Å²) in [4.78, 5) is 25.5. The number of esters is 1. The summed E-state index contributed by atoms with van der Waals surface area (Å²) in [6, 6.07) is 7.44. The summed E-state index contributed by atoms with van der Waals surface area (Å²) in [5.74, 6) is 1.82. The molecule has 4 aliphatic carbocycles. The van der Waals surface area contributed by atoms with E-state index in [0.29, 0.717) is 12.0 Å². The fourth-order valence-corrected chi connectivity index (χ4v) is 6.30. The van der Waals surface area contributed by atoms with Gasteiger partial charge in [-0.05, 0) is 74.8 Å². The average Bonchev–Trinajstić information content (AvgIpc) is 2.53. The molecule has 0 saturated heterocycles. The third-order valence-electron chi connectivity index (χ3n) is 6.98. The highest BCUT2D eigenvalue weighted by Crippen LogP contribution is 2.55. The van der Waals surface area contributed by atoms with E-state index < -0.39 is 5.60 Å². The number of ether oxygens (including phenoxy) is 1. The number of carbonyl (C=O) groups excluding carboxylic acids is 2. The molecule has 0 radical (unpaired) electrons. The first-order valence-corrected chi connectivity index (χ1v) is 9.59. The molecule has 5 aliphatic rings. The van der Waals surface area contributed by atoms with Gasteiger partial charge in [-0.1, -0.05) is 18.2 Å². The highest BCUT2D eigenvalue weighted by atomic mass is 16.6. The molecule has 0 aromatic heterocycles. The summed E-state index contributed by atoms with van der Waals surface area (Å²) in [6.07, 6.45) is 7.79. The molecule has 25 heavy (non-hydrogen) atoms. The number of nitrogens with one attached hydrogen (secondary N) is 1. The lowest BCUT2D eigenvalue weighted by atomic mass is 9.53. The Morgan fingerprint density at radius 3 is 2.32 bits per heavy atom. The van der Waals surface area contributed by atoms with Crippen molar-refractivity contribution < 1.29 is 14.3 Å². The first-order valence-electron chi connectivity index (χ1n) is 9.59.